The molecule has 0 aliphatic heterocycles. The minimum atomic E-state index is -5.03. The molecule has 0 atom stereocenters. The Labute approximate surface area is 198 Å². The van der Waals surface area contributed by atoms with Crippen LogP contribution in [0.2, 0.25) is 0 Å². The van der Waals surface area contributed by atoms with Gasteiger partial charge >= 0.3 is 0 Å². The number of aromatic nitrogens is 1. The van der Waals surface area contributed by atoms with Gasteiger partial charge in [0.1, 0.15) is 26.7 Å². The zero-order valence-electron chi connectivity index (χ0n) is 17.9. The molecular weight excluding hydrogens is 506 g/mol. The Morgan fingerprint density at radius 2 is 1.69 bits per heavy atom. The highest BCUT2D eigenvalue weighted by molar-refractivity contribution is 7.86. The van der Waals surface area contributed by atoms with E-state index in [0.29, 0.717) is 0 Å². The van der Waals surface area contributed by atoms with Crippen molar-refractivity contribution in [1.82, 2.24) is 4.57 Å². The fourth-order valence-electron chi connectivity index (χ4n) is 3.52. The molecule has 0 saturated heterocycles. The van der Waals surface area contributed by atoms with Gasteiger partial charge in [-0.25, -0.2) is 0 Å². The van der Waals surface area contributed by atoms with E-state index in [1.807, 2.05) is 0 Å². The summed E-state index contributed by atoms with van der Waals surface area (Å²) in [6.45, 7) is 0.947. The summed E-state index contributed by atoms with van der Waals surface area (Å²) in [5.41, 5.74) is 8.27. The van der Waals surface area contributed by atoms with Gasteiger partial charge in [0, 0.05) is 29.4 Å². The molecule has 3 aromatic rings. The number of carbonyl (C=O) groups excluding carboxylic acids is 1. The molecule has 7 N–H and O–H groups in total. The van der Waals surface area contributed by atoms with Crippen LogP contribution < -0.4 is 17.0 Å². The Hall–Kier alpha value is -3.70. The van der Waals surface area contributed by atoms with Crippen molar-refractivity contribution in [3.05, 3.63) is 51.8 Å². The molecule has 35 heavy (non-hydrogen) atoms. The molecule has 0 aliphatic rings. The molecule has 1 heterocycles. The lowest BCUT2D eigenvalue weighted by Gasteiger charge is -2.14. The Morgan fingerprint density at radius 1 is 1.03 bits per heavy atom. The molecule has 3 rings (SSSR count). The number of pyridine rings is 1. The maximum atomic E-state index is 12.5. The number of carbonyl (C=O) groups is 1. The van der Waals surface area contributed by atoms with Crippen LogP contribution in [-0.2, 0) is 26.8 Å². The third kappa shape index (κ3) is 4.77. The number of primary amides is 1. The van der Waals surface area contributed by atoms with E-state index in [2.05, 4.69) is 10.2 Å². The molecule has 16 heteroatoms. The average molecular weight is 526 g/mol. The molecule has 0 saturated carbocycles. The van der Waals surface area contributed by atoms with Crippen LogP contribution in [0, 0.1) is 6.92 Å². The van der Waals surface area contributed by atoms with Crippen molar-refractivity contribution < 1.29 is 35.8 Å². The summed E-state index contributed by atoms with van der Waals surface area (Å²) in [5, 5.41) is 17.5. The van der Waals surface area contributed by atoms with Gasteiger partial charge in [-0.1, -0.05) is 18.2 Å². The fraction of sp³-hybridized carbons (Fsp3) is 0.158. The van der Waals surface area contributed by atoms with Crippen molar-refractivity contribution >= 4 is 48.3 Å². The second-order valence-electron chi connectivity index (χ2n) is 7.20. The second-order valence-corrected chi connectivity index (χ2v) is 9.95. The summed E-state index contributed by atoms with van der Waals surface area (Å²) >= 11 is 0. The zero-order chi connectivity index (χ0) is 26.3. The van der Waals surface area contributed by atoms with Gasteiger partial charge in [0.2, 0.25) is 5.88 Å². The lowest BCUT2D eigenvalue weighted by molar-refractivity contribution is 0.0997. The van der Waals surface area contributed by atoms with Gasteiger partial charge in [-0.05, 0) is 19.1 Å². The molecule has 0 radical (unpaired) electrons. The first-order valence-electron chi connectivity index (χ1n) is 9.58. The highest BCUT2D eigenvalue weighted by Crippen LogP contribution is 2.37. The van der Waals surface area contributed by atoms with Crippen LogP contribution >= 0.6 is 0 Å². The molecule has 0 aliphatic carbocycles. The number of nitrogens with two attached hydrogens (primary N) is 2. The van der Waals surface area contributed by atoms with E-state index in [1.165, 1.54) is 13.0 Å². The van der Waals surface area contributed by atoms with Gasteiger partial charge in [-0.3, -0.25) is 23.3 Å². The van der Waals surface area contributed by atoms with Crippen LogP contribution in [0.25, 0.3) is 10.8 Å². The van der Waals surface area contributed by atoms with E-state index in [1.54, 1.807) is 0 Å². The smallest absolute Gasteiger partial charge is 0.297 e. The summed E-state index contributed by atoms with van der Waals surface area (Å²) in [7, 11) is -9.78. The normalized spacial score (nSPS) is 12.5. The van der Waals surface area contributed by atoms with E-state index in [0.717, 1.165) is 28.8 Å². The van der Waals surface area contributed by atoms with Crippen LogP contribution in [-0.4, -0.2) is 48.1 Å². The van der Waals surface area contributed by atoms with E-state index in [-0.39, 0.29) is 29.4 Å². The molecule has 2 aromatic carbocycles. The largest absolute Gasteiger partial charge is 0.493 e. The van der Waals surface area contributed by atoms with Gasteiger partial charge in [0.25, 0.3) is 31.7 Å². The summed E-state index contributed by atoms with van der Waals surface area (Å²) in [6, 6.07) is 5.46. The third-order valence-electron chi connectivity index (χ3n) is 5.00. The van der Waals surface area contributed by atoms with Crippen molar-refractivity contribution in [2.75, 3.05) is 6.54 Å². The molecule has 186 valence electrons. The van der Waals surface area contributed by atoms with Gasteiger partial charge < -0.3 is 16.6 Å². The lowest BCUT2D eigenvalue weighted by atomic mass is 10.1. The molecule has 1 aromatic heterocycles. The van der Waals surface area contributed by atoms with Crippen LogP contribution in [0.5, 0.6) is 5.88 Å². The molecule has 0 fully saturated rings. The quantitative estimate of drug-likeness (QED) is 0.216. The summed E-state index contributed by atoms with van der Waals surface area (Å²) < 4.78 is 67.7. The van der Waals surface area contributed by atoms with Gasteiger partial charge in [-0.15, -0.1) is 10.2 Å². The van der Waals surface area contributed by atoms with Crippen molar-refractivity contribution in [1.29, 1.82) is 0 Å². The van der Waals surface area contributed by atoms with E-state index in [4.69, 9.17) is 11.5 Å². The third-order valence-corrected chi connectivity index (χ3v) is 6.86. The summed E-state index contributed by atoms with van der Waals surface area (Å²) in [4.78, 5) is 22.9. The Bertz CT molecular complexity index is 1680. The van der Waals surface area contributed by atoms with E-state index < -0.39 is 64.3 Å². The van der Waals surface area contributed by atoms with Crippen molar-refractivity contribution in [3.63, 3.8) is 0 Å². The summed E-state index contributed by atoms with van der Waals surface area (Å²) in [6.07, 6.45) is 0. The van der Waals surface area contributed by atoms with Gasteiger partial charge in [0.15, 0.2) is 0 Å². The fourth-order valence-corrected chi connectivity index (χ4v) is 5.06. The first-order chi connectivity index (χ1) is 16.2. The molecule has 0 unspecified atom stereocenters. The van der Waals surface area contributed by atoms with Crippen molar-refractivity contribution in [3.8, 4) is 5.88 Å². The standard InChI is InChI=1S/C19H19N5O9S2/c1-9-14(17(21)25)18(26)24(8-7-20)19(27)15(9)23-22-12-6-5-10-11(16(12)35(31,32)33)3-2-4-13(10)34(28,29)30/h2-6,27H,7-8,20H2,1H3,(H2,21,25)(H,28,29,30)(H,31,32,33). The lowest BCUT2D eigenvalue weighted by Crippen LogP contribution is -2.32. The van der Waals surface area contributed by atoms with E-state index in [9.17, 15) is 40.6 Å². The zero-order valence-corrected chi connectivity index (χ0v) is 19.5. The minimum Gasteiger partial charge on any atom is -0.493 e. The second kappa shape index (κ2) is 9.16. The molecular formula is C19H19N5O9S2. The number of azo groups is 1. The highest BCUT2D eigenvalue weighted by Gasteiger charge is 2.25. The minimum absolute atomic E-state index is 0.0982. The van der Waals surface area contributed by atoms with Crippen LogP contribution in [0.1, 0.15) is 15.9 Å². The highest BCUT2D eigenvalue weighted by atomic mass is 32.2. The number of fused-ring (bicyclic) bond motifs is 1. The Balaban J connectivity index is 2.36. The SMILES string of the molecule is Cc1c(N=Nc2ccc3c(S(=O)(=O)O)cccc3c2S(=O)(=O)O)c(O)n(CCN)c(=O)c1C(N)=O. The molecule has 0 bridgehead atoms. The number of nitrogens with zero attached hydrogens (tertiary/aromatic N) is 3. The number of aromatic hydroxyl groups is 1. The van der Waals surface area contributed by atoms with Gasteiger partial charge in [0.05, 0.1) is 0 Å². The predicted octanol–water partition coefficient (Wildman–Crippen LogP) is 0.982. The van der Waals surface area contributed by atoms with Crippen LogP contribution in [0.4, 0.5) is 11.4 Å². The first kappa shape index (κ1) is 25.9. The molecule has 1 amide bonds. The average Bonchev–Trinajstić information content (AvgIpc) is 2.74. The van der Waals surface area contributed by atoms with E-state index >= 15 is 0 Å². The number of amides is 1. The Kier molecular flexibility index (Phi) is 6.78. The first-order valence-corrected chi connectivity index (χ1v) is 12.5. The van der Waals surface area contributed by atoms with Crippen LogP contribution in [0.3, 0.4) is 0 Å². The topological polar surface area (TPSA) is 245 Å². The summed E-state index contributed by atoms with van der Waals surface area (Å²) in [5.74, 6) is -1.84. The number of hydrogen-bond donors (Lipinski definition) is 5. The number of rotatable bonds is 7. The maximum absolute atomic E-state index is 12.5. The monoisotopic (exact) mass is 525 g/mol. The van der Waals surface area contributed by atoms with Crippen molar-refractivity contribution in [2.45, 2.75) is 23.3 Å². The molecule has 14 nitrogen and oxygen atoms in total. The molecule has 0 spiro atoms. The Morgan fingerprint density at radius 3 is 2.23 bits per heavy atom. The maximum Gasteiger partial charge on any atom is 0.297 e. The van der Waals surface area contributed by atoms with Crippen molar-refractivity contribution in [2.24, 2.45) is 21.7 Å². The number of benzene rings is 2. The van der Waals surface area contributed by atoms with Crippen LogP contribution in [0.15, 0.2) is 55.1 Å². The number of hydrogen-bond acceptors (Lipinski definition) is 10. The van der Waals surface area contributed by atoms with Gasteiger partial charge in [-0.2, -0.15) is 16.8 Å². The predicted molar refractivity (Wildman–Crippen MR) is 122 cm³/mol.